The lowest BCUT2D eigenvalue weighted by Crippen LogP contribution is -2.27. The molecule has 1 heterocycles. The molecule has 0 spiro atoms. The molecule has 0 bridgehead atoms. The van der Waals surface area contributed by atoms with Gasteiger partial charge in [0.05, 0.1) is 0 Å². The van der Waals surface area contributed by atoms with Gasteiger partial charge in [-0.2, -0.15) is 0 Å². The van der Waals surface area contributed by atoms with E-state index < -0.39 is 0 Å². The first-order valence-electron chi connectivity index (χ1n) is 7.29. The van der Waals surface area contributed by atoms with E-state index in [-0.39, 0.29) is 17.9 Å². The second-order valence-electron chi connectivity index (χ2n) is 5.19. The van der Waals surface area contributed by atoms with Gasteiger partial charge < -0.3 is 16.4 Å². The molecule has 0 saturated carbocycles. The molecule has 1 fully saturated rings. The van der Waals surface area contributed by atoms with Crippen LogP contribution in [0.15, 0.2) is 24.3 Å². The van der Waals surface area contributed by atoms with E-state index in [0.717, 1.165) is 17.8 Å². The lowest BCUT2D eigenvalue weighted by molar-refractivity contribution is -0.117. The molecule has 21 heavy (non-hydrogen) atoms. The molecule has 4 N–H and O–H groups in total. The number of rotatable bonds is 6. The number of benzene rings is 1. The highest BCUT2D eigenvalue weighted by molar-refractivity contribution is 5.95. The van der Waals surface area contributed by atoms with E-state index in [9.17, 15) is 9.59 Å². The lowest BCUT2D eigenvalue weighted by atomic mass is 10.0. The minimum atomic E-state index is -0.0829. The lowest BCUT2D eigenvalue weighted by Gasteiger charge is -2.15. The summed E-state index contributed by atoms with van der Waals surface area (Å²) in [5, 5.41) is 5.61. The van der Waals surface area contributed by atoms with Crippen LogP contribution in [-0.4, -0.2) is 31.6 Å². The highest BCUT2D eigenvalue weighted by Crippen LogP contribution is 2.20. The molecule has 0 aromatic heterocycles. The predicted octanol–water partition coefficient (Wildman–Crippen LogP) is 1.53. The summed E-state index contributed by atoms with van der Waals surface area (Å²) in [4.78, 5) is 25.1. The van der Waals surface area contributed by atoms with Crippen LogP contribution in [0.25, 0.3) is 0 Å². The quantitative estimate of drug-likeness (QED) is 0.742. The highest BCUT2D eigenvalue weighted by Gasteiger charge is 2.20. The molecule has 6 nitrogen and oxygen atoms in total. The highest BCUT2D eigenvalue weighted by atomic mass is 16.2. The summed E-state index contributed by atoms with van der Waals surface area (Å²) in [5.41, 5.74) is 7.17. The summed E-state index contributed by atoms with van der Waals surface area (Å²) in [5.74, 6) is 0.191. The van der Waals surface area contributed by atoms with Gasteiger partial charge in [-0.25, -0.2) is 4.79 Å². The van der Waals surface area contributed by atoms with Gasteiger partial charge in [-0.05, 0) is 36.7 Å². The maximum Gasteiger partial charge on any atom is 0.321 e. The summed E-state index contributed by atoms with van der Waals surface area (Å²) in [6.07, 6.45) is 1.33. The normalized spacial score (nSPS) is 15.7. The molecular formula is C15H22N4O2. The first kappa shape index (κ1) is 15.3. The first-order chi connectivity index (χ1) is 10.1. The van der Waals surface area contributed by atoms with Crippen molar-refractivity contribution >= 4 is 23.3 Å². The number of urea groups is 1. The van der Waals surface area contributed by atoms with Gasteiger partial charge >= 0.3 is 6.03 Å². The van der Waals surface area contributed by atoms with Crippen molar-refractivity contribution in [1.82, 2.24) is 5.32 Å². The van der Waals surface area contributed by atoms with Gasteiger partial charge in [-0.1, -0.05) is 13.3 Å². The molecule has 114 valence electrons. The first-order valence-corrected chi connectivity index (χ1v) is 7.29. The molecule has 0 radical (unpaired) electrons. The van der Waals surface area contributed by atoms with Crippen LogP contribution in [0, 0.1) is 5.92 Å². The van der Waals surface area contributed by atoms with E-state index in [2.05, 4.69) is 10.6 Å². The van der Waals surface area contributed by atoms with Crippen LogP contribution in [0.2, 0.25) is 0 Å². The molecule has 1 saturated heterocycles. The zero-order valence-corrected chi connectivity index (χ0v) is 12.3. The predicted molar refractivity (Wildman–Crippen MR) is 83.3 cm³/mol. The van der Waals surface area contributed by atoms with Gasteiger partial charge in [-0.15, -0.1) is 0 Å². The van der Waals surface area contributed by atoms with Crippen molar-refractivity contribution in [2.24, 2.45) is 11.7 Å². The van der Waals surface area contributed by atoms with Crippen molar-refractivity contribution in [1.29, 1.82) is 0 Å². The van der Waals surface area contributed by atoms with Crippen molar-refractivity contribution < 1.29 is 9.59 Å². The Morgan fingerprint density at radius 1 is 1.43 bits per heavy atom. The number of hydrogen-bond donors (Lipinski definition) is 3. The Labute approximate surface area is 124 Å². The smallest absolute Gasteiger partial charge is 0.321 e. The minimum absolute atomic E-state index is 0.0287. The van der Waals surface area contributed by atoms with E-state index in [1.54, 1.807) is 4.90 Å². The average Bonchev–Trinajstić information content (AvgIpc) is 2.92. The maximum atomic E-state index is 11.9. The minimum Gasteiger partial charge on any atom is -0.336 e. The summed E-state index contributed by atoms with van der Waals surface area (Å²) in [6, 6.07) is 7.20. The Hall–Kier alpha value is -2.08. The van der Waals surface area contributed by atoms with Gasteiger partial charge in [0.2, 0.25) is 5.91 Å². The zero-order chi connectivity index (χ0) is 15.2. The van der Waals surface area contributed by atoms with Gasteiger partial charge in [-0.3, -0.25) is 9.69 Å². The largest absolute Gasteiger partial charge is 0.336 e. The average molecular weight is 290 g/mol. The molecule has 1 unspecified atom stereocenters. The third-order valence-electron chi connectivity index (χ3n) is 3.70. The Morgan fingerprint density at radius 3 is 2.67 bits per heavy atom. The molecule has 1 aromatic carbocycles. The number of carbonyl (C=O) groups is 2. The SMILES string of the molecule is CCC(CN)CC(=O)Nc1ccc(N2CCNC2=O)cc1. The van der Waals surface area contributed by atoms with Crippen LogP contribution >= 0.6 is 0 Å². The number of nitrogens with zero attached hydrogens (tertiary/aromatic N) is 1. The Morgan fingerprint density at radius 2 is 2.14 bits per heavy atom. The summed E-state index contributed by atoms with van der Waals surface area (Å²) in [7, 11) is 0. The number of amides is 3. The monoisotopic (exact) mass is 290 g/mol. The number of nitrogens with two attached hydrogens (primary N) is 1. The number of hydrogen-bond acceptors (Lipinski definition) is 3. The molecule has 1 atom stereocenters. The second-order valence-corrected chi connectivity index (χ2v) is 5.19. The Balaban J connectivity index is 1.93. The molecular weight excluding hydrogens is 268 g/mol. The van der Waals surface area contributed by atoms with Gasteiger partial charge in [0, 0.05) is 30.9 Å². The molecule has 1 aliphatic rings. The van der Waals surface area contributed by atoms with Crippen LogP contribution in [0.1, 0.15) is 19.8 Å². The number of nitrogens with one attached hydrogen (secondary N) is 2. The van der Waals surface area contributed by atoms with Gasteiger partial charge in [0.15, 0.2) is 0 Å². The fourth-order valence-electron chi connectivity index (χ4n) is 2.31. The van der Waals surface area contributed by atoms with Crippen molar-refractivity contribution in [3.05, 3.63) is 24.3 Å². The van der Waals surface area contributed by atoms with Crippen molar-refractivity contribution in [2.75, 3.05) is 29.9 Å². The van der Waals surface area contributed by atoms with Crippen LogP contribution in [0.5, 0.6) is 0 Å². The van der Waals surface area contributed by atoms with Crippen molar-refractivity contribution in [2.45, 2.75) is 19.8 Å². The fourth-order valence-corrected chi connectivity index (χ4v) is 2.31. The van der Waals surface area contributed by atoms with Gasteiger partial charge in [0.1, 0.15) is 0 Å². The number of anilines is 2. The molecule has 0 aliphatic carbocycles. The molecule has 1 aromatic rings. The van der Waals surface area contributed by atoms with E-state index in [0.29, 0.717) is 26.1 Å². The molecule has 2 rings (SSSR count). The fraction of sp³-hybridized carbons (Fsp3) is 0.467. The Kier molecular flexibility index (Phi) is 5.16. The molecule has 3 amide bonds. The van der Waals surface area contributed by atoms with E-state index in [1.165, 1.54) is 0 Å². The van der Waals surface area contributed by atoms with Crippen LogP contribution in [0.4, 0.5) is 16.2 Å². The second kappa shape index (κ2) is 7.08. The summed E-state index contributed by atoms with van der Waals surface area (Å²) in [6.45, 7) is 3.88. The topological polar surface area (TPSA) is 87.5 Å². The third-order valence-corrected chi connectivity index (χ3v) is 3.70. The van der Waals surface area contributed by atoms with Crippen LogP contribution in [0.3, 0.4) is 0 Å². The number of carbonyl (C=O) groups excluding carboxylic acids is 2. The third kappa shape index (κ3) is 3.95. The van der Waals surface area contributed by atoms with E-state index in [1.807, 2.05) is 31.2 Å². The van der Waals surface area contributed by atoms with Crippen molar-refractivity contribution in [3.8, 4) is 0 Å². The van der Waals surface area contributed by atoms with Crippen LogP contribution in [-0.2, 0) is 4.79 Å². The Bertz CT molecular complexity index is 497. The van der Waals surface area contributed by atoms with Gasteiger partial charge in [0.25, 0.3) is 0 Å². The van der Waals surface area contributed by atoms with Crippen molar-refractivity contribution in [3.63, 3.8) is 0 Å². The standard InChI is InChI=1S/C15H22N4O2/c1-2-11(10-16)9-14(20)18-12-3-5-13(6-4-12)19-8-7-17-15(19)21/h3-6,11H,2,7-10,16H2,1H3,(H,17,21)(H,18,20). The van der Waals surface area contributed by atoms with E-state index >= 15 is 0 Å². The van der Waals surface area contributed by atoms with Crippen LogP contribution < -0.4 is 21.3 Å². The molecule has 1 aliphatic heterocycles. The molecule has 6 heteroatoms. The zero-order valence-electron chi connectivity index (χ0n) is 12.3. The summed E-state index contributed by atoms with van der Waals surface area (Å²) >= 11 is 0. The van der Waals surface area contributed by atoms with E-state index in [4.69, 9.17) is 5.73 Å². The maximum absolute atomic E-state index is 11.9. The summed E-state index contributed by atoms with van der Waals surface area (Å²) < 4.78 is 0.